The first-order chi connectivity index (χ1) is 12.6. The van der Waals surface area contributed by atoms with Gasteiger partial charge in [0.15, 0.2) is 11.5 Å². The first-order valence-corrected chi connectivity index (χ1v) is 8.96. The first kappa shape index (κ1) is 17.9. The lowest BCUT2D eigenvalue weighted by atomic mass is 10.2. The van der Waals surface area contributed by atoms with Crippen LogP contribution in [0.1, 0.15) is 23.9 Å². The quantitative estimate of drug-likeness (QED) is 0.423. The van der Waals surface area contributed by atoms with Gasteiger partial charge in [-0.2, -0.15) is 0 Å². The number of rotatable bonds is 7. The molecule has 134 valence electrons. The number of fused-ring (bicyclic) bond motifs is 1. The van der Waals surface area contributed by atoms with E-state index in [9.17, 15) is 10.1 Å². The molecule has 0 saturated carbocycles. The van der Waals surface area contributed by atoms with Crippen LogP contribution >= 0.6 is 11.3 Å². The van der Waals surface area contributed by atoms with Crippen LogP contribution in [0, 0.1) is 10.1 Å². The highest BCUT2D eigenvalue weighted by molar-refractivity contribution is 7.19. The molecule has 0 saturated heterocycles. The van der Waals surface area contributed by atoms with E-state index < -0.39 is 4.92 Å². The van der Waals surface area contributed by atoms with Crippen molar-refractivity contribution in [2.75, 3.05) is 13.7 Å². The molecule has 0 radical (unpaired) electrons. The van der Waals surface area contributed by atoms with E-state index in [4.69, 9.17) is 9.47 Å². The average Bonchev–Trinajstić information content (AvgIpc) is 3.06. The molecule has 0 aliphatic rings. The molecule has 0 aliphatic carbocycles. The Morgan fingerprint density at radius 3 is 2.77 bits per heavy atom. The molecule has 1 aromatic heterocycles. The Balaban J connectivity index is 1.82. The summed E-state index contributed by atoms with van der Waals surface area (Å²) in [5, 5.41) is 11.6. The van der Waals surface area contributed by atoms with Crippen LogP contribution in [0.4, 0.5) is 5.69 Å². The molecule has 0 N–H and O–H groups in total. The predicted octanol–water partition coefficient (Wildman–Crippen LogP) is 5.17. The van der Waals surface area contributed by atoms with E-state index in [1.807, 2.05) is 30.4 Å². The van der Waals surface area contributed by atoms with Gasteiger partial charge in [0.05, 0.1) is 28.9 Å². The van der Waals surface area contributed by atoms with Gasteiger partial charge in [-0.05, 0) is 36.3 Å². The van der Waals surface area contributed by atoms with Crippen LogP contribution in [0.2, 0.25) is 0 Å². The van der Waals surface area contributed by atoms with E-state index in [0.717, 1.165) is 27.4 Å². The normalized spacial score (nSPS) is 11.2. The number of ether oxygens (including phenoxy) is 2. The van der Waals surface area contributed by atoms with Crippen LogP contribution in [-0.2, 0) is 0 Å². The predicted molar refractivity (Wildman–Crippen MR) is 104 cm³/mol. The Labute approximate surface area is 154 Å². The molecule has 3 aromatic rings. The molecule has 2 aromatic carbocycles. The highest BCUT2D eigenvalue weighted by atomic mass is 32.1. The minimum atomic E-state index is -0.414. The standard InChI is InChI=1S/C19H18N2O4S/c1-3-10-25-16-7-4-13(11-17(16)24-2)5-9-19-20-15-12-14(21(22)23)6-8-18(15)26-19/h4-9,11-12H,3,10H2,1-2H3/b9-5+. The van der Waals surface area contributed by atoms with Crippen LogP contribution < -0.4 is 9.47 Å². The lowest BCUT2D eigenvalue weighted by Crippen LogP contribution is -1.97. The summed E-state index contributed by atoms with van der Waals surface area (Å²) in [5.41, 5.74) is 1.63. The number of hydrogen-bond donors (Lipinski definition) is 0. The number of methoxy groups -OCH3 is 1. The Kier molecular flexibility index (Phi) is 5.48. The summed E-state index contributed by atoms with van der Waals surface area (Å²) in [7, 11) is 1.61. The summed E-state index contributed by atoms with van der Waals surface area (Å²) in [5.74, 6) is 1.40. The molecule has 3 rings (SSSR count). The Morgan fingerprint density at radius 1 is 1.19 bits per heavy atom. The molecule has 0 spiro atoms. The van der Waals surface area contributed by atoms with Gasteiger partial charge >= 0.3 is 0 Å². The fraction of sp³-hybridized carbons (Fsp3) is 0.211. The van der Waals surface area contributed by atoms with E-state index in [1.54, 1.807) is 13.2 Å². The summed E-state index contributed by atoms with van der Waals surface area (Å²) in [6.07, 6.45) is 4.75. The molecule has 0 bridgehead atoms. The van der Waals surface area contributed by atoms with Crippen molar-refractivity contribution in [1.82, 2.24) is 4.98 Å². The number of thiazole rings is 1. The van der Waals surface area contributed by atoms with Crippen molar-refractivity contribution in [3.8, 4) is 11.5 Å². The number of hydrogen-bond acceptors (Lipinski definition) is 6. The van der Waals surface area contributed by atoms with E-state index in [-0.39, 0.29) is 5.69 Å². The lowest BCUT2D eigenvalue weighted by molar-refractivity contribution is -0.384. The summed E-state index contributed by atoms with van der Waals surface area (Å²) >= 11 is 1.48. The lowest BCUT2D eigenvalue weighted by Gasteiger charge is -2.10. The second-order valence-corrected chi connectivity index (χ2v) is 6.62. The molecule has 0 amide bonds. The molecule has 0 unspecified atom stereocenters. The first-order valence-electron chi connectivity index (χ1n) is 8.14. The summed E-state index contributed by atoms with van der Waals surface area (Å²) in [6, 6.07) is 10.4. The molecular weight excluding hydrogens is 352 g/mol. The van der Waals surface area contributed by atoms with Crippen LogP contribution in [0.3, 0.4) is 0 Å². The van der Waals surface area contributed by atoms with Gasteiger partial charge in [-0.25, -0.2) is 4.98 Å². The Hall–Kier alpha value is -2.93. The van der Waals surface area contributed by atoms with Gasteiger partial charge in [0.25, 0.3) is 5.69 Å². The molecule has 0 fully saturated rings. The molecule has 1 heterocycles. The van der Waals surface area contributed by atoms with Gasteiger partial charge in [-0.15, -0.1) is 11.3 Å². The SMILES string of the molecule is CCCOc1ccc(/C=C/c2nc3cc([N+](=O)[O-])ccc3s2)cc1OC. The zero-order chi connectivity index (χ0) is 18.5. The third-order valence-corrected chi connectivity index (χ3v) is 4.67. The highest BCUT2D eigenvalue weighted by Gasteiger charge is 2.09. The molecular formula is C19H18N2O4S. The van der Waals surface area contributed by atoms with Gasteiger partial charge in [0.1, 0.15) is 5.01 Å². The van der Waals surface area contributed by atoms with Crippen LogP contribution in [0.15, 0.2) is 36.4 Å². The number of nitro groups is 1. The molecule has 0 aliphatic heterocycles. The van der Waals surface area contributed by atoms with Crippen molar-refractivity contribution in [1.29, 1.82) is 0 Å². The minimum absolute atomic E-state index is 0.0470. The topological polar surface area (TPSA) is 74.5 Å². The van der Waals surface area contributed by atoms with Gasteiger partial charge < -0.3 is 9.47 Å². The van der Waals surface area contributed by atoms with Gasteiger partial charge in [-0.3, -0.25) is 10.1 Å². The summed E-state index contributed by atoms with van der Waals surface area (Å²) in [6.45, 7) is 2.69. The molecule has 7 heteroatoms. The van der Waals surface area contributed by atoms with Gasteiger partial charge in [-0.1, -0.05) is 19.1 Å². The van der Waals surface area contributed by atoms with Crippen LogP contribution in [-0.4, -0.2) is 23.6 Å². The second-order valence-electron chi connectivity index (χ2n) is 5.55. The van der Waals surface area contributed by atoms with Crippen molar-refractivity contribution in [3.63, 3.8) is 0 Å². The Bertz CT molecular complexity index is 965. The van der Waals surface area contributed by atoms with Crippen molar-refractivity contribution in [2.45, 2.75) is 13.3 Å². The number of non-ortho nitro benzene ring substituents is 1. The van der Waals surface area contributed by atoms with Crippen LogP contribution in [0.5, 0.6) is 11.5 Å². The van der Waals surface area contributed by atoms with Crippen molar-refractivity contribution < 1.29 is 14.4 Å². The zero-order valence-corrected chi connectivity index (χ0v) is 15.3. The van der Waals surface area contributed by atoms with E-state index >= 15 is 0 Å². The maximum atomic E-state index is 10.9. The van der Waals surface area contributed by atoms with Crippen LogP contribution in [0.25, 0.3) is 22.4 Å². The van der Waals surface area contributed by atoms with E-state index in [1.165, 1.54) is 23.5 Å². The summed E-state index contributed by atoms with van der Waals surface area (Å²) < 4.78 is 11.9. The Morgan fingerprint density at radius 2 is 2.04 bits per heavy atom. The number of nitrogens with zero attached hydrogens (tertiary/aromatic N) is 2. The fourth-order valence-electron chi connectivity index (χ4n) is 2.41. The smallest absolute Gasteiger partial charge is 0.271 e. The number of benzene rings is 2. The van der Waals surface area contributed by atoms with Crippen molar-refractivity contribution in [3.05, 3.63) is 57.1 Å². The van der Waals surface area contributed by atoms with Crippen molar-refractivity contribution in [2.24, 2.45) is 0 Å². The monoisotopic (exact) mass is 370 g/mol. The van der Waals surface area contributed by atoms with E-state index in [2.05, 4.69) is 11.9 Å². The third-order valence-electron chi connectivity index (χ3n) is 3.67. The minimum Gasteiger partial charge on any atom is -0.493 e. The second kappa shape index (κ2) is 7.97. The third kappa shape index (κ3) is 4.00. The number of aromatic nitrogens is 1. The maximum absolute atomic E-state index is 10.9. The fourth-order valence-corrected chi connectivity index (χ4v) is 3.26. The van der Waals surface area contributed by atoms with Gasteiger partial charge in [0.2, 0.25) is 0 Å². The number of nitro benzene ring substituents is 1. The molecule has 26 heavy (non-hydrogen) atoms. The van der Waals surface area contributed by atoms with E-state index in [0.29, 0.717) is 17.9 Å². The van der Waals surface area contributed by atoms with Crippen molar-refractivity contribution >= 4 is 39.4 Å². The maximum Gasteiger partial charge on any atom is 0.271 e. The average molecular weight is 370 g/mol. The molecule has 6 nitrogen and oxygen atoms in total. The zero-order valence-electron chi connectivity index (χ0n) is 14.5. The largest absolute Gasteiger partial charge is 0.493 e. The highest BCUT2D eigenvalue weighted by Crippen LogP contribution is 2.30. The molecule has 0 atom stereocenters. The van der Waals surface area contributed by atoms with Gasteiger partial charge in [0, 0.05) is 12.1 Å². The summed E-state index contributed by atoms with van der Waals surface area (Å²) in [4.78, 5) is 14.9.